The van der Waals surface area contributed by atoms with Gasteiger partial charge >= 0.3 is 0 Å². The quantitative estimate of drug-likeness (QED) is 0.871. The zero-order valence-corrected chi connectivity index (χ0v) is 10.4. The van der Waals surface area contributed by atoms with E-state index in [1.54, 1.807) is 13.4 Å². The van der Waals surface area contributed by atoms with Crippen molar-refractivity contribution in [2.45, 2.75) is 19.4 Å². The summed E-state index contributed by atoms with van der Waals surface area (Å²) in [6, 6.07) is 6.30. The third kappa shape index (κ3) is 2.53. The summed E-state index contributed by atoms with van der Waals surface area (Å²) in [4.78, 5) is 8.63. The topological polar surface area (TPSA) is 47.0 Å². The van der Waals surface area contributed by atoms with Crippen LogP contribution in [0.2, 0.25) is 0 Å². The molecule has 1 N–H and O–H groups in total. The van der Waals surface area contributed by atoms with Crippen molar-refractivity contribution >= 4 is 10.9 Å². The van der Waals surface area contributed by atoms with Crippen LogP contribution in [0, 0.1) is 0 Å². The van der Waals surface area contributed by atoms with E-state index in [4.69, 9.17) is 4.74 Å². The Morgan fingerprint density at radius 3 is 2.88 bits per heavy atom. The van der Waals surface area contributed by atoms with Gasteiger partial charge in [-0.25, -0.2) is 9.97 Å². The molecule has 1 aromatic heterocycles. The van der Waals surface area contributed by atoms with Crippen molar-refractivity contribution in [2.24, 2.45) is 0 Å². The summed E-state index contributed by atoms with van der Waals surface area (Å²) in [6.45, 7) is 2.14. The fraction of sp³-hybridized carbons (Fsp3) is 0.385. The maximum absolute atomic E-state index is 5.19. The molecule has 1 aromatic carbocycles. The average Bonchev–Trinajstić information content (AvgIpc) is 2.38. The Balaban J connectivity index is 2.43. The van der Waals surface area contributed by atoms with E-state index in [1.165, 1.54) is 0 Å². The highest BCUT2D eigenvalue weighted by molar-refractivity contribution is 5.82. The van der Waals surface area contributed by atoms with Crippen LogP contribution >= 0.6 is 0 Å². The highest BCUT2D eigenvalue weighted by atomic mass is 16.5. The Morgan fingerprint density at radius 2 is 2.18 bits per heavy atom. The highest BCUT2D eigenvalue weighted by Gasteiger charge is 2.07. The van der Waals surface area contributed by atoms with E-state index < -0.39 is 0 Å². The van der Waals surface area contributed by atoms with Crippen LogP contribution in [0.5, 0.6) is 5.75 Å². The SMILES string of the molecule is CNC(C)Cc1ncnc2cc(OC)ccc12. The van der Waals surface area contributed by atoms with E-state index in [0.29, 0.717) is 6.04 Å². The Bertz CT molecular complexity index is 513. The molecule has 1 atom stereocenters. The number of benzene rings is 1. The van der Waals surface area contributed by atoms with Gasteiger partial charge in [0.2, 0.25) is 0 Å². The third-order valence-corrected chi connectivity index (χ3v) is 2.92. The maximum atomic E-state index is 5.19. The van der Waals surface area contributed by atoms with Gasteiger partial charge in [0.25, 0.3) is 0 Å². The maximum Gasteiger partial charge on any atom is 0.121 e. The second kappa shape index (κ2) is 5.10. The van der Waals surface area contributed by atoms with Gasteiger partial charge in [-0.15, -0.1) is 0 Å². The number of ether oxygens (including phenoxy) is 1. The van der Waals surface area contributed by atoms with E-state index in [2.05, 4.69) is 22.2 Å². The van der Waals surface area contributed by atoms with Crippen molar-refractivity contribution in [3.8, 4) is 5.75 Å². The molecule has 0 saturated carbocycles. The van der Waals surface area contributed by atoms with Crippen molar-refractivity contribution < 1.29 is 4.74 Å². The van der Waals surface area contributed by atoms with Crippen molar-refractivity contribution in [1.82, 2.24) is 15.3 Å². The van der Waals surface area contributed by atoms with E-state index >= 15 is 0 Å². The number of aromatic nitrogens is 2. The molecule has 0 aliphatic carbocycles. The first-order valence-corrected chi connectivity index (χ1v) is 5.69. The molecule has 2 aromatic rings. The van der Waals surface area contributed by atoms with Crippen molar-refractivity contribution in [1.29, 1.82) is 0 Å². The van der Waals surface area contributed by atoms with E-state index in [-0.39, 0.29) is 0 Å². The minimum absolute atomic E-state index is 0.398. The molecule has 90 valence electrons. The van der Waals surface area contributed by atoms with Crippen molar-refractivity contribution in [3.05, 3.63) is 30.2 Å². The number of methoxy groups -OCH3 is 1. The molecule has 4 nitrogen and oxygen atoms in total. The van der Waals surface area contributed by atoms with Gasteiger partial charge in [0.1, 0.15) is 12.1 Å². The minimum Gasteiger partial charge on any atom is -0.497 e. The lowest BCUT2D eigenvalue weighted by molar-refractivity contribution is 0.415. The fourth-order valence-electron chi connectivity index (χ4n) is 1.77. The highest BCUT2D eigenvalue weighted by Crippen LogP contribution is 2.21. The van der Waals surface area contributed by atoms with Gasteiger partial charge in [-0.1, -0.05) is 0 Å². The Kier molecular flexibility index (Phi) is 3.54. The summed E-state index contributed by atoms with van der Waals surface area (Å²) in [6.07, 6.45) is 2.50. The average molecular weight is 231 g/mol. The number of rotatable bonds is 4. The van der Waals surface area contributed by atoms with E-state index in [9.17, 15) is 0 Å². The molecule has 1 unspecified atom stereocenters. The standard InChI is InChI=1S/C13H17N3O/c1-9(14-2)6-12-11-5-4-10(17-3)7-13(11)16-8-15-12/h4-5,7-9,14H,6H2,1-3H3. The summed E-state index contributed by atoms with van der Waals surface area (Å²) < 4.78 is 5.19. The Morgan fingerprint density at radius 1 is 1.35 bits per heavy atom. The normalized spacial score (nSPS) is 12.6. The molecule has 2 rings (SSSR count). The fourth-order valence-corrected chi connectivity index (χ4v) is 1.77. The molecule has 4 heteroatoms. The number of hydrogen-bond acceptors (Lipinski definition) is 4. The number of fused-ring (bicyclic) bond motifs is 1. The van der Waals surface area contributed by atoms with Crippen LogP contribution in [-0.2, 0) is 6.42 Å². The third-order valence-electron chi connectivity index (χ3n) is 2.92. The largest absolute Gasteiger partial charge is 0.497 e. The van der Waals surface area contributed by atoms with Crippen molar-refractivity contribution in [3.63, 3.8) is 0 Å². The molecule has 0 saturated heterocycles. The molecule has 0 aliphatic heterocycles. The lowest BCUT2D eigenvalue weighted by atomic mass is 10.1. The van der Waals surface area contributed by atoms with Crippen LogP contribution in [0.4, 0.5) is 0 Å². The summed E-state index contributed by atoms with van der Waals surface area (Å²) in [7, 11) is 3.61. The van der Waals surface area contributed by atoms with E-state index in [0.717, 1.165) is 28.8 Å². The molecule has 1 heterocycles. The number of likely N-dealkylation sites (N-methyl/N-ethyl adjacent to an activating group) is 1. The first kappa shape index (κ1) is 11.8. The molecular weight excluding hydrogens is 214 g/mol. The van der Waals surface area contributed by atoms with Crippen molar-refractivity contribution in [2.75, 3.05) is 14.2 Å². The molecule has 0 aliphatic rings. The molecule has 0 bridgehead atoms. The first-order chi connectivity index (χ1) is 8.24. The molecule has 0 fully saturated rings. The lowest BCUT2D eigenvalue weighted by Crippen LogP contribution is -2.24. The predicted octanol–water partition coefficient (Wildman–Crippen LogP) is 1.79. The zero-order valence-electron chi connectivity index (χ0n) is 10.4. The zero-order chi connectivity index (χ0) is 12.3. The van der Waals surface area contributed by atoms with Crippen LogP contribution in [-0.4, -0.2) is 30.2 Å². The van der Waals surface area contributed by atoms with E-state index in [1.807, 2.05) is 25.2 Å². The van der Waals surface area contributed by atoms with Crippen LogP contribution in [0.3, 0.4) is 0 Å². The Hall–Kier alpha value is -1.68. The summed E-state index contributed by atoms with van der Waals surface area (Å²) in [5, 5.41) is 4.31. The molecule has 0 spiro atoms. The van der Waals surface area contributed by atoms with Crippen LogP contribution < -0.4 is 10.1 Å². The van der Waals surface area contributed by atoms with Crippen LogP contribution in [0.1, 0.15) is 12.6 Å². The van der Waals surface area contributed by atoms with Crippen LogP contribution in [0.15, 0.2) is 24.5 Å². The summed E-state index contributed by atoms with van der Waals surface area (Å²) in [5.74, 6) is 0.823. The lowest BCUT2D eigenvalue weighted by Gasteiger charge is -2.11. The number of nitrogens with zero attached hydrogens (tertiary/aromatic N) is 2. The number of hydrogen-bond donors (Lipinski definition) is 1. The van der Waals surface area contributed by atoms with Gasteiger partial charge in [0.05, 0.1) is 18.3 Å². The first-order valence-electron chi connectivity index (χ1n) is 5.69. The minimum atomic E-state index is 0.398. The second-order valence-electron chi connectivity index (χ2n) is 4.10. The van der Waals surface area contributed by atoms with Gasteiger partial charge in [-0.2, -0.15) is 0 Å². The summed E-state index contributed by atoms with van der Waals surface area (Å²) >= 11 is 0. The van der Waals surface area contributed by atoms with Gasteiger partial charge < -0.3 is 10.1 Å². The Labute approximate surface area is 101 Å². The van der Waals surface area contributed by atoms with Gasteiger partial charge in [-0.3, -0.25) is 0 Å². The molecular formula is C13H17N3O. The molecule has 0 amide bonds. The molecule has 17 heavy (non-hydrogen) atoms. The van der Waals surface area contributed by atoms with Crippen LogP contribution in [0.25, 0.3) is 10.9 Å². The monoisotopic (exact) mass is 231 g/mol. The van der Waals surface area contributed by atoms with Gasteiger partial charge in [-0.05, 0) is 26.1 Å². The number of nitrogens with one attached hydrogen (secondary N) is 1. The van der Waals surface area contributed by atoms with Gasteiger partial charge in [0.15, 0.2) is 0 Å². The second-order valence-corrected chi connectivity index (χ2v) is 4.10. The smallest absolute Gasteiger partial charge is 0.121 e. The molecule has 0 radical (unpaired) electrons. The van der Waals surface area contributed by atoms with Gasteiger partial charge in [0, 0.05) is 23.9 Å². The predicted molar refractivity (Wildman–Crippen MR) is 68.3 cm³/mol. The summed E-state index contributed by atoms with van der Waals surface area (Å²) in [5.41, 5.74) is 2.00.